The first-order valence-corrected chi connectivity index (χ1v) is 11.5. The minimum absolute atomic E-state index is 0.104. The molecule has 0 saturated heterocycles. The monoisotopic (exact) mass is 515 g/mol. The molecular weight excluding hydrogens is 495 g/mol. The average molecular weight is 515 g/mol. The number of carbonyl (C=O) groups is 1. The first-order valence-electron chi connectivity index (χ1n) is 11.5. The van der Waals surface area contributed by atoms with Gasteiger partial charge in [0.1, 0.15) is 5.75 Å². The highest BCUT2D eigenvalue weighted by atomic mass is 19.4. The van der Waals surface area contributed by atoms with Gasteiger partial charge < -0.3 is 15.4 Å². The van der Waals surface area contributed by atoms with Crippen molar-refractivity contribution in [2.45, 2.75) is 6.18 Å². The SMILES string of the molecule is CNc1nccc(-c2cccnc2Oc2ccc(NC(=O)c3cccc(C(F)(F)F)c3)c3ccccc23)n1. The van der Waals surface area contributed by atoms with Gasteiger partial charge >= 0.3 is 6.18 Å². The molecule has 0 aliphatic carbocycles. The number of fused-ring (bicyclic) bond motifs is 1. The molecule has 0 unspecified atom stereocenters. The summed E-state index contributed by atoms with van der Waals surface area (Å²) in [6.45, 7) is 0. The molecule has 0 radical (unpaired) electrons. The maximum atomic E-state index is 13.1. The number of pyridine rings is 1. The fourth-order valence-electron chi connectivity index (χ4n) is 3.90. The number of ether oxygens (including phenoxy) is 1. The zero-order valence-corrected chi connectivity index (χ0v) is 20.0. The van der Waals surface area contributed by atoms with Crippen molar-refractivity contribution in [3.8, 4) is 22.9 Å². The summed E-state index contributed by atoms with van der Waals surface area (Å²) in [5.74, 6) is 0.578. The molecule has 5 aromatic rings. The lowest BCUT2D eigenvalue weighted by Gasteiger charge is -2.15. The molecule has 0 aliphatic heterocycles. The van der Waals surface area contributed by atoms with E-state index in [-0.39, 0.29) is 5.56 Å². The molecule has 1 amide bonds. The standard InChI is InChI=1S/C28H20F3N5O2/c1-32-27-34-15-13-23(36-27)21-10-5-14-33-26(21)38-24-12-11-22(19-8-2-3-9-20(19)24)35-25(37)17-6-4-7-18(16-17)28(29,30)31/h2-16H,1H3,(H,35,37)(H,32,34,36). The van der Waals surface area contributed by atoms with Gasteiger partial charge in [0, 0.05) is 41.5 Å². The molecule has 2 heterocycles. The van der Waals surface area contributed by atoms with Gasteiger partial charge in [0.05, 0.1) is 16.8 Å². The number of halogens is 3. The zero-order valence-electron chi connectivity index (χ0n) is 20.0. The molecule has 3 aromatic carbocycles. The van der Waals surface area contributed by atoms with Gasteiger partial charge in [-0.15, -0.1) is 0 Å². The maximum absolute atomic E-state index is 13.1. The predicted octanol–water partition coefficient (Wildman–Crippen LogP) is 6.80. The Morgan fingerprint density at radius 3 is 2.47 bits per heavy atom. The van der Waals surface area contributed by atoms with E-state index in [0.29, 0.717) is 45.3 Å². The van der Waals surface area contributed by atoms with Crippen molar-refractivity contribution in [1.29, 1.82) is 0 Å². The second-order valence-electron chi connectivity index (χ2n) is 8.16. The van der Waals surface area contributed by atoms with Gasteiger partial charge in [-0.2, -0.15) is 13.2 Å². The van der Waals surface area contributed by atoms with Crippen LogP contribution in [0.5, 0.6) is 11.6 Å². The number of rotatable bonds is 6. The normalized spacial score (nSPS) is 11.3. The second kappa shape index (κ2) is 10.2. The van der Waals surface area contributed by atoms with Gasteiger partial charge in [-0.3, -0.25) is 4.79 Å². The Labute approximate surface area is 215 Å². The number of hydrogen-bond donors (Lipinski definition) is 2. The number of alkyl halides is 3. The quantitative estimate of drug-likeness (QED) is 0.259. The average Bonchev–Trinajstić information content (AvgIpc) is 2.94. The smallest absolute Gasteiger partial charge is 0.416 e. The van der Waals surface area contributed by atoms with Crippen molar-refractivity contribution in [3.63, 3.8) is 0 Å². The fraction of sp³-hybridized carbons (Fsp3) is 0.0714. The second-order valence-corrected chi connectivity index (χ2v) is 8.16. The number of benzene rings is 3. The van der Waals surface area contributed by atoms with Crippen LogP contribution in [0, 0.1) is 0 Å². The van der Waals surface area contributed by atoms with Crippen molar-refractivity contribution >= 4 is 28.3 Å². The zero-order chi connectivity index (χ0) is 26.7. The summed E-state index contributed by atoms with van der Waals surface area (Å²) >= 11 is 0. The molecule has 190 valence electrons. The summed E-state index contributed by atoms with van der Waals surface area (Å²) < 4.78 is 45.5. The Morgan fingerprint density at radius 1 is 0.868 bits per heavy atom. The lowest BCUT2D eigenvalue weighted by Crippen LogP contribution is -2.14. The highest BCUT2D eigenvalue weighted by Gasteiger charge is 2.31. The number of aromatic nitrogens is 3. The van der Waals surface area contributed by atoms with Crippen LogP contribution in [0.2, 0.25) is 0 Å². The largest absolute Gasteiger partial charge is 0.438 e. The fourth-order valence-corrected chi connectivity index (χ4v) is 3.90. The lowest BCUT2D eigenvalue weighted by atomic mass is 10.1. The summed E-state index contributed by atoms with van der Waals surface area (Å²) in [5.41, 5.74) is 0.689. The lowest BCUT2D eigenvalue weighted by molar-refractivity contribution is -0.137. The van der Waals surface area contributed by atoms with Gasteiger partial charge in [0.15, 0.2) is 0 Å². The van der Waals surface area contributed by atoms with E-state index in [2.05, 4.69) is 25.6 Å². The molecule has 0 spiro atoms. The molecule has 10 heteroatoms. The Kier molecular flexibility index (Phi) is 6.61. The molecule has 0 fully saturated rings. The van der Waals surface area contributed by atoms with Crippen molar-refractivity contribution in [2.75, 3.05) is 17.7 Å². The third-order valence-electron chi connectivity index (χ3n) is 5.72. The third kappa shape index (κ3) is 5.10. The van der Waals surface area contributed by atoms with Crippen molar-refractivity contribution in [2.24, 2.45) is 0 Å². The number of anilines is 2. The van der Waals surface area contributed by atoms with E-state index in [4.69, 9.17) is 4.74 Å². The minimum atomic E-state index is -4.55. The van der Waals surface area contributed by atoms with E-state index in [0.717, 1.165) is 12.1 Å². The Bertz CT molecular complexity index is 1640. The van der Waals surface area contributed by atoms with E-state index in [1.54, 1.807) is 55.8 Å². The van der Waals surface area contributed by atoms with Crippen molar-refractivity contribution < 1.29 is 22.7 Å². The number of nitrogens with one attached hydrogen (secondary N) is 2. The molecule has 38 heavy (non-hydrogen) atoms. The molecule has 5 rings (SSSR count). The first kappa shape index (κ1) is 24.7. The van der Waals surface area contributed by atoms with Crippen LogP contribution in [-0.2, 0) is 6.18 Å². The van der Waals surface area contributed by atoms with Gasteiger partial charge in [0.25, 0.3) is 5.91 Å². The predicted molar refractivity (Wildman–Crippen MR) is 138 cm³/mol. The molecule has 2 aromatic heterocycles. The topological polar surface area (TPSA) is 89.0 Å². The van der Waals surface area contributed by atoms with Crippen LogP contribution in [0.3, 0.4) is 0 Å². The van der Waals surface area contributed by atoms with Crippen LogP contribution in [0.25, 0.3) is 22.0 Å². The van der Waals surface area contributed by atoms with Crippen molar-refractivity contribution in [3.05, 3.63) is 102 Å². The number of nitrogens with zero attached hydrogens (tertiary/aromatic N) is 3. The van der Waals surface area contributed by atoms with Crippen LogP contribution < -0.4 is 15.4 Å². The highest BCUT2D eigenvalue weighted by Crippen LogP contribution is 2.37. The summed E-state index contributed by atoms with van der Waals surface area (Å²) in [6, 6.07) is 20.1. The number of hydrogen-bond acceptors (Lipinski definition) is 6. The Hall–Kier alpha value is -4.99. The van der Waals surface area contributed by atoms with Crippen LogP contribution >= 0.6 is 0 Å². The minimum Gasteiger partial charge on any atom is -0.438 e. The number of amides is 1. The van der Waals surface area contributed by atoms with Crippen LogP contribution in [-0.4, -0.2) is 27.9 Å². The van der Waals surface area contributed by atoms with E-state index >= 15 is 0 Å². The molecule has 2 N–H and O–H groups in total. The molecular formula is C28H20F3N5O2. The molecule has 7 nitrogen and oxygen atoms in total. The Morgan fingerprint density at radius 2 is 1.68 bits per heavy atom. The van der Waals surface area contributed by atoms with Gasteiger partial charge in [-0.05, 0) is 48.5 Å². The third-order valence-corrected chi connectivity index (χ3v) is 5.72. The number of carbonyl (C=O) groups excluding carboxylic acids is 1. The van der Waals surface area contributed by atoms with Gasteiger partial charge in [-0.25, -0.2) is 15.0 Å². The molecule has 0 saturated carbocycles. The van der Waals surface area contributed by atoms with Crippen LogP contribution in [0.1, 0.15) is 15.9 Å². The van der Waals surface area contributed by atoms with Crippen molar-refractivity contribution in [1.82, 2.24) is 15.0 Å². The summed E-state index contributed by atoms with van der Waals surface area (Å²) in [7, 11) is 1.72. The van der Waals surface area contributed by atoms with E-state index in [1.807, 2.05) is 18.2 Å². The summed E-state index contributed by atoms with van der Waals surface area (Å²) in [5, 5.41) is 6.93. The highest BCUT2D eigenvalue weighted by molar-refractivity contribution is 6.10. The van der Waals surface area contributed by atoms with E-state index < -0.39 is 17.6 Å². The van der Waals surface area contributed by atoms with E-state index in [9.17, 15) is 18.0 Å². The Balaban J connectivity index is 1.48. The summed E-state index contributed by atoms with van der Waals surface area (Å²) in [6.07, 6.45) is -1.32. The molecule has 0 atom stereocenters. The summed E-state index contributed by atoms with van der Waals surface area (Å²) in [4.78, 5) is 25.8. The molecule has 0 aliphatic rings. The van der Waals surface area contributed by atoms with E-state index in [1.165, 1.54) is 12.1 Å². The maximum Gasteiger partial charge on any atom is 0.416 e. The van der Waals surface area contributed by atoms with Gasteiger partial charge in [0.2, 0.25) is 11.8 Å². The van der Waals surface area contributed by atoms with Crippen LogP contribution in [0.4, 0.5) is 24.8 Å². The molecule has 0 bridgehead atoms. The van der Waals surface area contributed by atoms with Crippen LogP contribution in [0.15, 0.2) is 91.3 Å². The van der Waals surface area contributed by atoms with Gasteiger partial charge in [-0.1, -0.05) is 30.3 Å². The first-order chi connectivity index (χ1) is 18.3.